The van der Waals surface area contributed by atoms with Crippen LogP contribution in [0, 0.1) is 5.82 Å². The van der Waals surface area contributed by atoms with Gasteiger partial charge in [0.1, 0.15) is 11.6 Å². The van der Waals surface area contributed by atoms with Crippen molar-refractivity contribution in [1.29, 1.82) is 0 Å². The molecule has 0 saturated heterocycles. The molecular formula is C17H16ClFN2O3. The van der Waals surface area contributed by atoms with Gasteiger partial charge in [0.25, 0.3) is 11.8 Å². The summed E-state index contributed by atoms with van der Waals surface area (Å²) in [5, 5.41) is 5.20. The number of hydrogen-bond donors (Lipinski definition) is 2. The van der Waals surface area contributed by atoms with Crippen LogP contribution in [0.4, 0.5) is 4.39 Å². The Bertz CT molecular complexity index is 715. The number of nitrogens with one attached hydrogen (secondary N) is 2. The predicted octanol–water partition coefficient (Wildman–Crippen LogP) is 2.65. The average Bonchev–Trinajstić information content (AvgIpc) is 2.58. The fourth-order valence-electron chi connectivity index (χ4n) is 2.00. The van der Waals surface area contributed by atoms with Gasteiger partial charge in [-0.25, -0.2) is 4.39 Å². The summed E-state index contributed by atoms with van der Waals surface area (Å²) in [6.45, 7) is 0.341. The fraction of sp³-hybridized carbons (Fsp3) is 0.176. The van der Waals surface area contributed by atoms with Gasteiger partial charge in [0.2, 0.25) is 0 Å². The standard InChI is InChI=1S/C17H16ClFN2O3/c1-24-12-7-5-11(6-8-12)16(22)20-9-10-21-17(23)15-13(18)3-2-4-14(15)19/h2-8H,9-10H2,1H3,(H,20,22)(H,21,23). The summed E-state index contributed by atoms with van der Waals surface area (Å²) in [5.41, 5.74) is 0.264. The highest BCUT2D eigenvalue weighted by molar-refractivity contribution is 6.33. The number of hydrogen-bond acceptors (Lipinski definition) is 3. The number of carbonyl (C=O) groups is 2. The summed E-state index contributed by atoms with van der Waals surface area (Å²) >= 11 is 5.81. The minimum Gasteiger partial charge on any atom is -0.497 e. The highest BCUT2D eigenvalue weighted by Crippen LogP contribution is 2.18. The molecule has 0 atom stereocenters. The molecular weight excluding hydrogens is 335 g/mol. The van der Waals surface area contributed by atoms with Gasteiger partial charge in [-0.3, -0.25) is 9.59 Å². The number of amides is 2. The largest absolute Gasteiger partial charge is 0.497 e. The first-order valence-corrected chi connectivity index (χ1v) is 7.55. The number of ether oxygens (including phenoxy) is 1. The van der Waals surface area contributed by atoms with Gasteiger partial charge >= 0.3 is 0 Å². The first kappa shape index (κ1) is 17.7. The van der Waals surface area contributed by atoms with Crippen molar-refractivity contribution in [1.82, 2.24) is 10.6 Å². The third-order valence-electron chi connectivity index (χ3n) is 3.24. The lowest BCUT2D eigenvalue weighted by Crippen LogP contribution is -2.35. The molecule has 0 saturated carbocycles. The van der Waals surface area contributed by atoms with E-state index in [9.17, 15) is 14.0 Å². The quantitative estimate of drug-likeness (QED) is 0.787. The molecule has 2 amide bonds. The van der Waals surface area contributed by atoms with Crippen molar-refractivity contribution in [3.8, 4) is 5.75 Å². The van der Waals surface area contributed by atoms with Gasteiger partial charge in [-0.1, -0.05) is 17.7 Å². The van der Waals surface area contributed by atoms with Gasteiger partial charge in [-0.05, 0) is 36.4 Å². The monoisotopic (exact) mass is 350 g/mol. The van der Waals surface area contributed by atoms with E-state index in [-0.39, 0.29) is 29.6 Å². The smallest absolute Gasteiger partial charge is 0.255 e. The van der Waals surface area contributed by atoms with Crippen molar-refractivity contribution in [3.63, 3.8) is 0 Å². The van der Waals surface area contributed by atoms with Crippen LogP contribution in [0.2, 0.25) is 5.02 Å². The maximum Gasteiger partial charge on any atom is 0.255 e. The lowest BCUT2D eigenvalue weighted by molar-refractivity contribution is 0.0925. The SMILES string of the molecule is COc1ccc(C(=O)NCCNC(=O)c2c(F)cccc2Cl)cc1. The summed E-state index contributed by atoms with van der Waals surface area (Å²) < 4.78 is 18.6. The fourth-order valence-corrected chi connectivity index (χ4v) is 2.25. The molecule has 0 aliphatic carbocycles. The number of benzene rings is 2. The Morgan fingerprint density at radius 2 is 1.67 bits per heavy atom. The van der Waals surface area contributed by atoms with Gasteiger partial charge in [0.15, 0.2) is 0 Å². The van der Waals surface area contributed by atoms with Crippen molar-refractivity contribution >= 4 is 23.4 Å². The molecule has 0 radical (unpaired) electrons. The molecule has 2 N–H and O–H groups in total. The zero-order valence-electron chi connectivity index (χ0n) is 12.9. The van der Waals surface area contributed by atoms with Crippen LogP contribution in [0.5, 0.6) is 5.75 Å². The zero-order chi connectivity index (χ0) is 17.5. The molecule has 0 heterocycles. The van der Waals surface area contributed by atoms with Crippen LogP contribution >= 0.6 is 11.6 Å². The van der Waals surface area contributed by atoms with Crippen LogP contribution in [-0.2, 0) is 0 Å². The summed E-state index contributed by atoms with van der Waals surface area (Å²) in [6, 6.07) is 10.6. The molecule has 7 heteroatoms. The Hall–Kier alpha value is -2.60. The van der Waals surface area contributed by atoms with Gasteiger partial charge < -0.3 is 15.4 Å². The molecule has 0 aliphatic rings. The molecule has 0 aromatic heterocycles. The lowest BCUT2D eigenvalue weighted by atomic mass is 10.2. The van der Waals surface area contributed by atoms with E-state index in [4.69, 9.17) is 16.3 Å². The molecule has 0 unspecified atom stereocenters. The maximum absolute atomic E-state index is 13.6. The van der Waals surface area contributed by atoms with Crippen LogP contribution in [0.3, 0.4) is 0 Å². The van der Waals surface area contributed by atoms with E-state index in [1.54, 1.807) is 31.4 Å². The Labute approximate surface area is 143 Å². The summed E-state index contributed by atoms with van der Waals surface area (Å²) in [6.07, 6.45) is 0. The molecule has 5 nitrogen and oxygen atoms in total. The van der Waals surface area contributed by atoms with Gasteiger partial charge in [-0.15, -0.1) is 0 Å². The maximum atomic E-state index is 13.6. The predicted molar refractivity (Wildman–Crippen MR) is 89.1 cm³/mol. The summed E-state index contributed by atoms with van der Waals surface area (Å²) in [5.74, 6) is -0.949. The van der Waals surface area contributed by atoms with Crippen LogP contribution in [0.1, 0.15) is 20.7 Å². The molecule has 2 aromatic rings. The van der Waals surface area contributed by atoms with Crippen LogP contribution in [-0.4, -0.2) is 32.0 Å². The molecule has 2 aromatic carbocycles. The molecule has 24 heavy (non-hydrogen) atoms. The summed E-state index contributed by atoms with van der Waals surface area (Å²) in [4.78, 5) is 23.8. The molecule has 0 bridgehead atoms. The molecule has 126 valence electrons. The van der Waals surface area contributed by atoms with E-state index in [1.807, 2.05) is 0 Å². The van der Waals surface area contributed by atoms with E-state index in [0.717, 1.165) is 6.07 Å². The normalized spacial score (nSPS) is 10.1. The third-order valence-corrected chi connectivity index (χ3v) is 3.55. The second-order valence-corrected chi connectivity index (χ2v) is 5.24. The molecule has 2 rings (SSSR count). The number of methoxy groups -OCH3 is 1. The van der Waals surface area contributed by atoms with Crippen molar-refractivity contribution in [3.05, 3.63) is 64.4 Å². The van der Waals surface area contributed by atoms with Crippen molar-refractivity contribution < 1.29 is 18.7 Å². The zero-order valence-corrected chi connectivity index (χ0v) is 13.7. The number of rotatable bonds is 6. The topological polar surface area (TPSA) is 67.4 Å². The van der Waals surface area contributed by atoms with E-state index < -0.39 is 11.7 Å². The summed E-state index contributed by atoms with van der Waals surface area (Å²) in [7, 11) is 1.54. The van der Waals surface area contributed by atoms with E-state index in [0.29, 0.717) is 11.3 Å². The van der Waals surface area contributed by atoms with Gasteiger partial charge in [0.05, 0.1) is 17.7 Å². The molecule has 0 fully saturated rings. The lowest BCUT2D eigenvalue weighted by Gasteiger charge is -2.09. The van der Waals surface area contributed by atoms with Crippen molar-refractivity contribution in [2.75, 3.05) is 20.2 Å². The number of halogens is 2. The Morgan fingerprint density at radius 1 is 1.04 bits per heavy atom. The second kappa shape index (κ2) is 8.31. The average molecular weight is 351 g/mol. The third kappa shape index (κ3) is 4.45. The van der Waals surface area contributed by atoms with Crippen LogP contribution in [0.25, 0.3) is 0 Å². The highest BCUT2D eigenvalue weighted by atomic mass is 35.5. The Kier molecular flexibility index (Phi) is 6.14. The van der Waals surface area contributed by atoms with Crippen LogP contribution in [0.15, 0.2) is 42.5 Å². The Morgan fingerprint density at radius 3 is 2.25 bits per heavy atom. The Balaban J connectivity index is 1.82. The number of carbonyl (C=O) groups excluding carboxylic acids is 2. The van der Waals surface area contributed by atoms with E-state index in [1.165, 1.54) is 12.1 Å². The highest BCUT2D eigenvalue weighted by Gasteiger charge is 2.15. The second-order valence-electron chi connectivity index (χ2n) is 4.84. The van der Waals surface area contributed by atoms with Gasteiger partial charge in [0, 0.05) is 18.7 Å². The minimum absolute atomic E-state index is 0.0368. The molecule has 0 aliphatic heterocycles. The van der Waals surface area contributed by atoms with E-state index in [2.05, 4.69) is 10.6 Å². The van der Waals surface area contributed by atoms with Crippen molar-refractivity contribution in [2.24, 2.45) is 0 Å². The first-order valence-electron chi connectivity index (χ1n) is 7.17. The van der Waals surface area contributed by atoms with Crippen molar-refractivity contribution in [2.45, 2.75) is 0 Å². The molecule has 0 spiro atoms. The minimum atomic E-state index is -0.692. The van der Waals surface area contributed by atoms with E-state index >= 15 is 0 Å². The van der Waals surface area contributed by atoms with Crippen LogP contribution < -0.4 is 15.4 Å². The first-order chi connectivity index (χ1) is 11.5. The van der Waals surface area contributed by atoms with Gasteiger partial charge in [-0.2, -0.15) is 0 Å².